The van der Waals surface area contributed by atoms with Crippen LogP contribution in [-0.4, -0.2) is 29.7 Å². The number of nitrogen functional groups attached to an aromatic ring is 1. The Balaban J connectivity index is 2.41. The van der Waals surface area contributed by atoms with Crippen molar-refractivity contribution in [2.24, 2.45) is 0 Å². The maximum Gasteiger partial charge on any atom is 0.0867 e. The molecule has 0 amide bonds. The van der Waals surface area contributed by atoms with Gasteiger partial charge in [0.2, 0.25) is 0 Å². The first-order valence-corrected chi connectivity index (χ1v) is 6.83. The molecule has 0 radical (unpaired) electrons. The van der Waals surface area contributed by atoms with E-state index in [1.807, 2.05) is 13.8 Å². The van der Waals surface area contributed by atoms with Gasteiger partial charge in [0.25, 0.3) is 0 Å². The van der Waals surface area contributed by atoms with Crippen molar-refractivity contribution >= 4 is 29.1 Å². The van der Waals surface area contributed by atoms with Crippen molar-refractivity contribution in [1.29, 1.82) is 0 Å². The zero-order chi connectivity index (χ0) is 12.8. The second-order valence-corrected chi connectivity index (χ2v) is 5.53. The van der Waals surface area contributed by atoms with E-state index in [2.05, 4.69) is 0 Å². The average molecular weight is 276 g/mol. The molecule has 5 heteroatoms. The van der Waals surface area contributed by atoms with Crippen LogP contribution in [0.2, 0.25) is 5.02 Å². The van der Waals surface area contributed by atoms with Crippen LogP contribution in [0.15, 0.2) is 23.1 Å². The summed E-state index contributed by atoms with van der Waals surface area (Å²) in [5.74, 6) is 0.539. The predicted octanol–water partition coefficient (Wildman–Crippen LogP) is 2.80. The summed E-state index contributed by atoms with van der Waals surface area (Å²) < 4.78 is 5.33. The van der Waals surface area contributed by atoms with Crippen molar-refractivity contribution < 1.29 is 9.84 Å². The Morgan fingerprint density at radius 3 is 2.82 bits per heavy atom. The summed E-state index contributed by atoms with van der Waals surface area (Å²) in [6, 6.07) is 5.32. The third-order valence-electron chi connectivity index (χ3n) is 2.03. The van der Waals surface area contributed by atoms with Gasteiger partial charge in [-0.2, -0.15) is 0 Å². The van der Waals surface area contributed by atoms with E-state index in [9.17, 15) is 5.11 Å². The van der Waals surface area contributed by atoms with E-state index in [4.69, 9.17) is 22.1 Å². The molecule has 0 saturated heterocycles. The van der Waals surface area contributed by atoms with Gasteiger partial charge in [-0.1, -0.05) is 11.6 Å². The summed E-state index contributed by atoms with van der Waals surface area (Å²) in [6.45, 7) is 4.22. The quantitative estimate of drug-likeness (QED) is 0.619. The first kappa shape index (κ1) is 14.6. The van der Waals surface area contributed by atoms with Crippen molar-refractivity contribution in [2.45, 2.75) is 31.0 Å². The van der Waals surface area contributed by atoms with Crippen LogP contribution in [0, 0.1) is 0 Å². The van der Waals surface area contributed by atoms with Crippen LogP contribution in [0.1, 0.15) is 13.8 Å². The number of hydrogen-bond acceptors (Lipinski definition) is 4. The van der Waals surface area contributed by atoms with E-state index in [1.165, 1.54) is 11.8 Å². The van der Waals surface area contributed by atoms with Gasteiger partial charge in [-0.05, 0) is 32.0 Å². The monoisotopic (exact) mass is 275 g/mol. The van der Waals surface area contributed by atoms with Crippen LogP contribution < -0.4 is 5.73 Å². The Morgan fingerprint density at radius 1 is 1.47 bits per heavy atom. The molecule has 1 aromatic rings. The number of nitrogens with two attached hydrogens (primary N) is 1. The Hall–Kier alpha value is -0.420. The molecule has 0 fully saturated rings. The summed E-state index contributed by atoms with van der Waals surface area (Å²) in [5.41, 5.74) is 6.48. The third-order valence-corrected chi connectivity index (χ3v) is 3.48. The summed E-state index contributed by atoms with van der Waals surface area (Å²) in [7, 11) is 0. The van der Waals surface area contributed by atoms with E-state index >= 15 is 0 Å². The van der Waals surface area contributed by atoms with Crippen LogP contribution in [0.5, 0.6) is 0 Å². The highest BCUT2D eigenvalue weighted by Gasteiger charge is 2.08. The highest BCUT2D eigenvalue weighted by molar-refractivity contribution is 7.99. The lowest BCUT2D eigenvalue weighted by molar-refractivity contribution is 0.0152. The van der Waals surface area contributed by atoms with Gasteiger partial charge < -0.3 is 15.6 Å². The number of thioether (sulfide) groups is 1. The van der Waals surface area contributed by atoms with E-state index in [0.717, 1.165) is 4.90 Å². The summed E-state index contributed by atoms with van der Waals surface area (Å²) in [5, 5.41) is 10.3. The molecule has 17 heavy (non-hydrogen) atoms. The lowest BCUT2D eigenvalue weighted by Gasteiger charge is -2.13. The molecule has 3 N–H and O–H groups in total. The van der Waals surface area contributed by atoms with Crippen LogP contribution in [0.3, 0.4) is 0 Å². The molecule has 1 rings (SSSR count). The van der Waals surface area contributed by atoms with Crippen molar-refractivity contribution in [3.05, 3.63) is 23.2 Å². The highest BCUT2D eigenvalue weighted by atomic mass is 35.5. The minimum atomic E-state index is -0.499. The Labute approximate surface area is 111 Å². The van der Waals surface area contributed by atoms with Crippen LogP contribution in [0.4, 0.5) is 5.69 Å². The van der Waals surface area contributed by atoms with Gasteiger partial charge in [0.05, 0.1) is 18.8 Å². The van der Waals surface area contributed by atoms with Crippen LogP contribution >= 0.6 is 23.4 Å². The lowest BCUT2D eigenvalue weighted by atomic mass is 10.3. The van der Waals surface area contributed by atoms with E-state index in [0.29, 0.717) is 23.1 Å². The molecule has 0 aliphatic heterocycles. The summed E-state index contributed by atoms with van der Waals surface area (Å²) >= 11 is 7.36. The standard InChI is InChI=1S/C12H18ClNO2S/c1-8(2)16-6-10(15)7-17-12-5-9(13)3-4-11(12)14/h3-5,8,10,15H,6-7,14H2,1-2H3. The van der Waals surface area contributed by atoms with Gasteiger partial charge in [0.1, 0.15) is 0 Å². The van der Waals surface area contributed by atoms with Crippen molar-refractivity contribution in [3.8, 4) is 0 Å². The smallest absolute Gasteiger partial charge is 0.0867 e. The maximum atomic E-state index is 9.70. The summed E-state index contributed by atoms with van der Waals surface area (Å²) in [4.78, 5) is 0.890. The van der Waals surface area contributed by atoms with E-state index < -0.39 is 6.10 Å². The second kappa shape index (κ2) is 7.11. The van der Waals surface area contributed by atoms with E-state index in [1.54, 1.807) is 18.2 Å². The molecule has 3 nitrogen and oxygen atoms in total. The topological polar surface area (TPSA) is 55.5 Å². The molecular formula is C12H18ClNO2S. The average Bonchev–Trinajstić information content (AvgIpc) is 2.27. The fourth-order valence-corrected chi connectivity index (χ4v) is 2.32. The van der Waals surface area contributed by atoms with Crippen molar-refractivity contribution in [2.75, 3.05) is 18.1 Å². The SMILES string of the molecule is CC(C)OCC(O)CSc1cc(Cl)ccc1N. The molecule has 0 aromatic heterocycles. The molecule has 96 valence electrons. The number of benzene rings is 1. The third kappa shape index (κ3) is 5.64. The molecule has 0 saturated carbocycles. The molecule has 0 spiro atoms. The van der Waals surface area contributed by atoms with Crippen molar-refractivity contribution in [1.82, 2.24) is 0 Å². The zero-order valence-electron chi connectivity index (χ0n) is 10.0. The fraction of sp³-hybridized carbons (Fsp3) is 0.500. The maximum absolute atomic E-state index is 9.70. The molecular weight excluding hydrogens is 258 g/mol. The Kier molecular flexibility index (Phi) is 6.12. The number of anilines is 1. The first-order valence-electron chi connectivity index (χ1n) is 5.46. The second-order valence-electron chi connectivity index (χ2n) is 4.03. The van der Waals surface area contributed by atoms with Gasteiger partial charge in [-0.15, -0.1) is 11.8 Å². The number of aliphatic hydroxyl groups is 1. The normalized spacial score (nSPS) is 13.0. The highest BCUT2D eigenvalue weighted by Crippen LogP contribution is 2.28. The van der Waals surface area contributed by atoms with Gasteiger partial charge in [0.15, 0.2) is 0 Å². The van der Waals surface area contributed by atoms with Gasteiger partial charge in [0, 0.05) is 21.4 Å². The van der Waals surface area contributed by atoms with Gasteiger partial charge in [-0.25, -0.2) is 0 Å². The van der Waals surface area contributed by atoms with Gasteiger partial charge >= 0.3 is 0 Å². The molecule has 0 aliphatic carbocycles. The zero-order valence-corrected chi connectivity index (χ0v) is 11.6. The molecule has 1 atom stereocenters. The molecule has 1 aromatic carbocycles. The predicted molar refractivity (Wildman–Crippen MR) is 73.7 cm³/mol. The number of aliphatic hydroxyl groups excluding tert-OH is 1. The fourth-order valence-electron chi connectivity index (χ4n) is 1.17. The Morgan fingerprint density at radius 2 is 2.18 bits per heavy atom. The van der Waals surface area contributed by atoms with Gasteiger partial charge in [-0.3, -0.25) is 0 Å². The van der Waals surface area contributed by atoms with Crippen molar-refractivity contribution in [3.63, 3.8) is 0 Å². The number of rotatable bonds is 6. The van der Waals surface area contributed by atoms with E-state index in [-0.39, 0.29) is 6.10 Å². The molecule has 0 aliphatic rings. The minimum absolute atomic E-state index is 0.130. The number of halogens is 1. The first-order chi connectivity index (χ1) is 7.99. The molecule has 0 heterocycles. The summed E-state index contributed by atoms with van der Waals surface area (Å²) in [6.07, 6.45) is -0.369. The molecule has 1 unspecified atom stereocenters. The minimum Gasteiger partial charge on any atom is -0.398 e. The number of hydrogen-bond donors (Lipinski definition) is 2. The number of ether oxygens (including phenoxy) is 1. The molecule has 0 bridgehead atoms. The van der Waals surface area contributed by atoms with Crippen LogP contribution in [-0.2, 0) is 4.74 Å². The Bertz CT molecular complexity index is 360. The lowest BCUT2D eigenvalue weighted by Crippen LogP contribution is -2.20. The largest absolute Gasteiger partial charge is 0.398 e. The van der Waals surface area contributed by atoms with Crippen LogP contribution in [0.25, 0.3) is 0 Å².